The fraction of sp³-hybridized carbons (Fsp3) is 0.579. The number of amides is 1. The van der Waals surface area contributed by atoms with E-state index >= 15 is 0 Å². The van der Waals surface area contributed by atoms with Gasteiger partial charge in [-0.25, -0.2) is 4.79 Å². The molecule has 3 rings (SSSR count). The Balaban J connectivity index is 1.64. The van der Waals surface area contributed by atoms with Gasteiger partial charge in [-0.05, 0) is 31.9 Å². The largest absolute Gasteiger partial charge is 0.493 e. The topological polar surface area (TPSA) is 83.1 Å². The van der Waals surface area contributed by atoms with Crippen LogP contribution in [0, 0.1) is 0 Å². The summed E-state index contributed by atoms with van der Waals surface area (Å²) >= 11 is 0. The smallest absolute Gasteiger partial charge is 0.339 e. The summed E-state index contributed by atoms with van der Waals surface area (Å²) in [6, 6.07) is 3.25. The van der Waals surface area contributed by atoms with E-state index in [1.54, 1.807) is 13.0 Å². The van der Waals surface area contributed by atoms with E-state index in [4.69, 9.17) is 18.9 Å². The van der Waals surface area contributed by atoms with Crippen molar-refractivity contribution in [3.05, 3.63) is 17.7 Å². The highest BCUT2D eigenvalue weighted by Gasteiger charge is 2.25. The summed E-state index contributed by atoms with van der Waals surface area (Å²) in [5.41, 5.74) is 0.253. The number of esters is 1. The second-order valence-electron chi connectivity index (χ2n) is 6.59. The lowest BCUT2D eigenvalue weighted by Crippen LogP contribution is -2.42. The monoisotopic (exact) mass is 363 g/mol. The maximum Gasteiger partial charge on any atom is 0.339 e. The molecule has 1 aliphatic heterocycles. The fourth-order valence-corrected chi connectivity index (χ4v) is 3.24. The van der Waals surface area contributed by atoms with Gasteiger partial charge < -0.3 is 24.3 Å². The molecule has 1 fully saturated rings. The van der Waals surface area contributed by atoms with Crippen molar-refractivity contribution in [2.75, 3.05) is 20.3 Å². The minimum Gasteiger partial charge on any atom is -0.493 e. The van der Waals surface area contributed by atoms with Crippen LogP contribution in [0.25, 0.3) is 0 Å². The zero-order valence-electron chi connectivity index (χ0n) is 15.2. The third kappa shape index (κ3) is 4.20. The van der Waals surface area contributed by atoms with Crippen molar-refractivity contribution in [1.29, 1.82) is 0 Å². The summed E-state index contributed by atoms with van der Waals surface area (Å²) in [6.45, 7) is 2.39. The molecule has 7 heteroatoms. The molecule has 1 N–H and O–H groups in total. The molecule has 1 heterocycles. The predicted molar refractivity (Wildman–Crippen MR) is 93.9 cm³/mol. The van der Waals surface area contributed by atoms with Gasteiger partial charge in [0.2, 0.25) is 5.75 Å². The van der Waals surface area contributed by atoms with Crippen molar-refractivity contribution in [3.63, 3.8) is 0 Å². The van der Waals surface area contributed by atoms with E-state index in [1.165, 1.54) is 19.6 Å². The number of hydrogen-bond acceptors (Lipinski definition) is 6. The van der Waals surface area contributed by atoms with Gasteiger partial charge in [0, 0.05) is 6.04 Å². The van der Waals surface area contributed by atoms with Crippen LogP contribution >= 0.6 is 0 Å². The van der Waals surface area contributed by atoms with Crippen LogP contribution in [0.1, 0.15) is 49.4 Å². The normalized spacial score (nSPS) is 17.9. The van der Waals surface area contributed by atoms with Crippen LogP contribution in [0.3, 0.4) is 0 Å². The molecular formula is C19H25NO6. The second-order valence-corrected chi connectivity index (χ2v) is 6.59. The van der Waals surface area contributed by atoms with E-state index in [2.05, 4.69) is 5.32 Å². The van der Waals surface area contributed by atoms with Crippen LogP contribution in [0.15, 0.2) is 12.1 Å². The number of rotatable bonds is 5. The van der Waals surface area contributed by atoms with E-state index in [-0.39, 0.29) is 17.5 Å². The molecule has 1 unspecified atom stereocenters. The first-order valence-electron chi connectivity index (χ1n) is 9.07. The quantitative estimate of drug-likeness (QED) is 0.809. The lowest BCUT2D eigenvalue weighted by atomic mass is 9.95. The Morgan fingerprint density at radius 1 is 1.15 bits per heavy atom. The summed E-state index contributed by atoms with van der Waals surface area (Å²) in [5, 5.41) is 2.96. The maximum absolute atomic E-state index is 12.5. The van der Waals surface area contributed by atoms with Gasteiger partial charge in [0.05, 0.1) is 12.7 Å². The molecule has 1 atom stereocenters. The van der Waals surface area contributed by atoms with E-state index < -0.39 is 12.1 Å². The van der Waals surface area contributed by atoms with Gasteiger partial charge in [0.1, 0.15) is 13.2 Å². The SMILES string of the molecule is COc1cc(C(=O)OC(C)C(=O)NC2CCCCC2)cc2c1OCCO2. The van der Waals surface area contributed by atoms with Gasteiger partial charge in [0.25, 0.3) is 5.91 Å². The van der Waals surface area contributed by atoms with Gasteiger partial charge >= 0.3 is 5.97 Å². The molecule has 2 aliphatic rings. The molecule has 1 amide bonds. The molecule has 0 radical (unpaired) electrons. The lowest BCUT2D eigenvalue weighted by Gasteiger charge is -2.24. The summed E-state index contributed by atoms with van der Waals surface area (Å²) in [6.07, 6.45) is 4.54. The molecule has 1 aromatic carbocycles. The minimum absolute atomic E-state index is 0.173. The summed E-state index contributed by atoms with van der Waals surface area (Å²) < 4.78 is 21.6. The van der Waals surface area contributed by atoms with Crippen LogP contribution < -0.4 is 19.5 Å². The van der Waals surface area contributed by atoms with E-state index in [9.17, 15) is 9.59 Å². The highest BCUT2D eigenvalue weighted by Crippen LogP contribution is 2.40. The zero-order chi connectivity index (χ0) is 18.5. The van der Waals surface area contributed by atoms with Gasteiger partial charge in [0.15, 0.2) is 17.6 Å². The highest BCUT2D eigenvalue weighted by molar-refractivity contribution is 5.93. The minimum atomic E-state index is -0.872. The number of fused-ring (bicyclic) bond motifs is 1. The van der Waals surface area contributed by atoms with Crippen molar-refractivity contribution < 1.29 is 28.5 Å². The number of carbonyl (C=O) groups is 2. The molecule has 0 spiro atoms. The molecule has 142 valence electrons. The molecule has 26 heavy (non-hydrogen) atoms. The number of benzene rings is 1. The molecule has 1 saturated carbocycles. The predicted octanol–water partition coefficient (Wildman–Crippen LogP) is 2.46. The van der Waals surface area contributed by atoms with Crippen molar-refractivity contribution in [1.82, 2.24) is 5.32 Å². The van der Waals surface area contributed by atoms with Crippen LogP contribution in [-0.4, -0.2) is 44.3 Å². The summed E-state index contributed by atoms with van der Waals surface area (Å²) in [5.74, 6) is 0.426. The number of methoxy groups -OCH3 is 1. The van der Waals surface area contributed by atoms with Gasteiger partial charge in [-0.15, -0.1) is 0 Å². The van der Waals surface area contributed by atoms with Crippen LogP contribution in [-0.2, 0) is 9.53 Å². The first-order valence-corrected chi connectivity index (χ1v) is 9.07. The van der Waals surface area contributed by atoms with Gasteiger partial charge in [-0.1, -0.05) is 19.3 Å². The first-order chi connectivity index (χ1) is 12.6. The molecule has 0 aromatic heterocycles. The summed E-state index contributed by atoms with van der Waals surface area (Å²) in [7, 11) is 1.49. The van der Waals surface area contributed by atoms with Crippen molar-refractivity contribution in [2.24, 2.45) is 0 Å². The molecule has 7 nitrogen and oxygen atoms in total. The van der Waals surface area contributed by atoms with E-state index in [0.717, 1.165) is 25.7 Å². The van der Waals surface area contributed by atoms with Crippen LogP contribution in [0.4, 0.5) is 0 Å². The highest BCUT2D eigenvalue weighted by atomic mass is 16.6. The lowest BCUT2D eigenvalue weighted by molar-refractivity contribution is -0.130. The third-order valence-electron chi connectivity index (χ3n) is 4.67. The van der Waals surface area contributed by atoms with E-state index in [0.29, 0.717) is 30.5 Å². The Hall–Kier alpha value is -2.44. The molecule has 1 aliphatic carbocycles. The average Bonchev–Trinajstić information content (AvgIpc) is 2.67. The van der Waals surface area contributed by atoms with Crippen LogP contribution in [0.5, 0.6) is 17.2 Å². The number of hydrogen-bond donors (Lipinski definition) is 1. The van der Waals surface area contributed by atoms with Crippen molar-refractivity contribution in [2.45, 2.75) is 51.2 Å². The van der Waals surface area contributed by atoms with Crippen LogP contribution in [0.2, 0.25) is 0 Å². The Morgan fingerprint density at radius 3 is 2.62 bits per heavy atom. The second kappa shape index (κ2) is 8.29. The summed E-state index contributed by atoms with van der Waals surface area (Å²) in [4.78, 5) is 24.7. The van der Waals surface area contributed by atoms with Crippen molar-refractivity contribution >= 4 is 11.9 Å². The average molecular weight is 363 g/mol. The van der Waals surface area contributed by atoms with Gasteiger partial charge in [-0.2, -0.15) is 0 Å². The maximum atomic E-state index is 12.5. The Labute approximate surface area is 152 Å². The Kier molecular flexibility index (Phi) is 5.85. The molecular weight excluding hydrogens is 338 g/mol. The number of ether oxygens (including phenoxy) is 4. The first kappa shape index (κ1) is 18.4. The fourth-order valence-electron chi connectivity index (χ4n) is 3.24. The Bertz CT molecular complexity index is 651. The molecule has 0 bridgehead atoms. The molecule has 1 aromatic rings. The number of nitrogens with one attached hydrogen (secondary N) is 1. The van der Waals surface area contributed by atoms with E-state index in [1.807, 2.05) is 0 Å². The number of carbonyl (C=O) groups excluding carboxylic acids is 2. The standard InChI is InChI=1S/C19H25NO6/c1-12(18(21)20-14-6-4-3-5-7-14)26-19(22)13-10-15(23-2)17-16(11-13)24-8-9-25-17/h10-12,14H,3-9H2,1-2H3,(H,20,21). The van der Waals surface area contributed by atoms with Crippen molar-refractivity contribution in [3.8, 4) is 17.2 Å². The third-order valence-corrected chi connectivity index (χ3v) is 4.67. The molecule has 0 saturated heterocycles. The van der Waals surface area contributed by atoms with Gasteiger partial charge in [-0.3, -0.25) is 4.79 Å². The Morgan fingerprint density at radius 2 is 1.88 bits per heavy atom. The zero-order valence-corrected chi connectivity index (χ0v) is 15.2.